The Labute approximate surface area is 141 Å². The minimum Gasteiger partial charge on any atom is -0.437 e. The van der Waals surface area contributed by atoms with Gasteiger partial charge in [0.25, 0.3) is 0 Å². The highest BCUT2D eigenvalue weighted by atomic mass is 16.6. The van der Waals surface area contributed by atoms with Crippen molar-refractivity contribution in [2.45, 2.75) is 37.4 Å². The van der Waals surface area contributed by atoms with Crippen LogP contribution in [0, 0.1) is 0 Å². The van der Waals surface area contributed by atoms with Crippen LogP contribution in [-0.2, 0) is 10.3 Å². The van der Waals surface area contributed by atoms with Gasteiger partial charge in [0.1, 0.15) is 5.69 Å². The van der Waals surface area contributed by atoms with Crippen molar-refractivity contribution in [2.75, 3.05) is 0 Å². The maximum absolute atomic E-state index is 6.30. The maximum Gasteiger partial charge on any atom is 0.230 e. The molecule has 1 aromatic heterocycles. The fourth-order valence-electron chi connectivity index (χ4n) is 3.82. The number of ether oxygens (including phenoxy) is 1. The van der Waals surface area contributed by atoms with E-state index in [1.807, 2.05) is 36.4 Å². The van der Waals surface area contributed by atoms with E-state index in [1.54, 1.807) is 0 Å². The van der Waals surface area contributed by atoms with Crippen molar-refractivity contribution in [1.82, 2.24) is 4.98 Å². The van der Waals surface area contributed by atoms with E-state index in [1.165, 1.54) is 12.8 Å². The van der Waals surface area contributed by atoms with Gasteiger partial charge in [0, 0.05) is 11.1 Å². The largest absolute Gasteiger partial charge is 0.437 e. The maximum atomic E-state index is 6.30. The Hall–Kier alpha value is -2.39. The normalized spacial score (nSPS) is 25.2. The van der Waals surface area contributed by atoms with Gasteiger partial charge in [0.15, 0.2) is 11.4 Å². The molecular weight excluding hydrogens is 298 g/mol. The molecule has 0 bridgehead atoms. The zero-order valence-corrected chi connectivity index (χ0v) is 13.4. The van der Waals surface area contributed by atoms with Crippen LogP contribution in [0.3, 0.4) is 0 Å². The van der Waals surface area contributed by atoms with E-state index in [-0.39, 0.29) is 11.7 Å². The summed E-state index contributed by atoms with van der Waals surface area (Å²) < 4.78 is 12.3. The average Bonchev–Trinajstić information content (AvgIpc) is 3.24. The first-order valence-electron chi connectivity index (χ1n) is 8.67. The number of nitrogens with zero attached hydrogens (tertiary/aromatic N) is 1. The Bertz CT molecular complexity index is 799. The molecule has 0 spiro atoms. The van der Waals surface area contributed by atoms with Crippen molar-refractivity contribution in [2.24, 2.45) is 0 Å². The number of benzene rings is 2. The Balaban J connectivity index is 1.65. The molecular formula is C21H19NO2. The molecule has 2 fully saturated rings. The van der Waals surface area contributed by atoms with Gasteiger partial charge < -0.3 is 9.15 Å². The van der Waals surface area contributed by atoms with Gasteiger partial charge in [-0.2, -0.15) is 0 Å². The van der Waals surface area contributed by atoms with E-state index in [0.717, 1.165) is 41.3 Å². The van der Waals surface area contributed by atoms with Crippen LogP contribution in [0.2, 0.25) is 0 Å². The second-order valence-corrected chi connectivity index (χ2v) is 6.67. The van der Waals surface area contributed by atoms with E-state index in [2.05, 4.69) is 24.3 Å². The zero-order valence-electron chi connectivity index (χ0n) is 13.4. The van der Waals surface area contributed by atoms with Crippen molar-refractivity contribution >= 4 is 0 Å². The SMILES string of the molecule is c1ccc(-c2nc(C34CCCCC3O4)oc2-c2ccccc2)cc1. The molecule has 3 aromatic rings. The summed E-state index contributed by atoms with van der Waals surface area (Å²) in [4.78, 5) is 4.90. The number of hydrogen-bond donors (Lipinski definition) is 0. The minimum absolute atomic E-state index is 0.269. The van der Waals surface area contributed by atoms with Crippen molar-refractivity contribution in [1.29, 1.82) is 0 Å². The van der Waals surface area contributed by atoms with Crippen LogP contribution < -0.4 is 0 Å². The van der Waals surface area contributed by atoms with Crippen LogP contribution in [0.25, 0.3) is 22.6 Å². The molecule has 2 unspecified atom stereocenters. The summed E-state index contributed by atoms with van der Waals surface area (Å²) in [5.41, 5.74) is 2.77. The number of epoxide rings is 1. The molecule has 1 aliphatic carbocycles. The van der Waals surface area contributed by atoms with Gasteiger partial charge in [0.05, 0.1) is 6.10 Å². The highest BCUT2D eigenvalue weighted by Crippen LogP contribution is 2.56. The van der Waals surface area contributed by atoms with Gasteiger partial charge in [-0.15, -0.1) is 0 Å². The topological polar surface area (TPSA) is 38.6 Å². The Morgan fingerprint density at radius 1 is 0.875 bits per heavy atom. The second-order valence-electron chi connectivity index (χ2n) is 6.67. The molecule has 1 saturated carbocycles. The standard InChI is InChI=1S/C21H19NO2/c1-3-9-15(10-4-1)18-19(16-11-5-2-6-12-16)23-20(22-18)21-14-8-7-13-17(21)24-21/h1-6,9-12,17H,7-8,13-14H2. The molecule has 3 nitrogen and oxygen atoms in total. The lowest BCUT2D eigenvalue weighted by atomic mass is 9.89. The molecule has 0 N–H and O–H groups in total. The summed E-state index contributed by atoms with van der Waals surface area (Å²) in [5.74, 6) is 1.59. The number of aromatic nitrogens is 1. The minimum atomic E-state index is -0.269. The molecule has 2 atom stereocenters. The van der Waals surface area contributed by atoms with E-state index in [4.69, 9.17) is 14.1 Å². The first-order chi connectivity index (χ1) is 11.9. The van der Waals surface area contributed by atoms with Gasteiger partial charge in [0.2, 0.25) is 5.89 Å². The van der Waals surface area contributed by atoms with E-state index < -0.39 is 0 Å². The number of oxazole rings is 1. The lowest BCUT2D eigenvalue weighted by molar-refractivity contribution is 0.244. The Morgan fingerprint density at radius 2 is 1.58 bits per heavy atom. The van der Waals surface area contributed by atoms with Gasteiger partial charge in [-0.3, -0.25) is 0 Å². The summed E-state index contributed by atoms with van der Waals surface area (Å²) in [5, 5.41) is 0. The molecule has 1 aliphatic heterocycles. The molecule has 0 radical (unpaired) electrons. The smallest absolute Gasteiger partial charge is 0.230 e. The van der Waals surface area contributed by atoms with Crippen LogP contribution in [0.5, 0.6) is 0 Å². The number of fused-ring (bicyclic) bond motifs is 1. The molecule has 0 amide bonds. The van der Waals surface area contributed by atoms with E-state index in [0.29, 0.717) is 0 Å². The quantitative estimate of drug-likeness (QED) is 0.625. The van der Waals surface area contributed by atoms with E-state index >= 15 is 0 Å². The second kappa shape index (κ2) is 5.32. The Morgan fingerprint density at radius 3 is 2.29 bits per heavy atom. The summed E-state index contributed by atoms with van der Waals surface area (Å²) >= 11 is 0. The summed E-state index contributed by atoms with van der Waals surface area (Å²) in [6.45, 7) is 0. The molecule has 2 aromatic carbocycles. The predicted octanol–water partition coefficient (Wildman–Crippen LogP) is 5.18. The summed E-state index contributed by atoms with van der Waals surface area (Å²) in [6.07, 6.45) is 4.84. The molecule has 1 saturated heterocycles. The molecule has 120 valence electrons. The lowest BCUT2D eigenvalue weighted by Crippen LogP contribution is -2.17. The zero-order chi connectivity index (χ0) is 16.0. The third-order valence-corrected chi connectivity index (χ3v) is 5.15. The monoisotopic (exact) mass is 317 g/mol. The van der Waals surface area contributed by atoms with Crippen molar-refractivity contribution in [3.63, 3.8) is 0 Å². The molecule has 2 heterocycles. The first kappa shape index (κ1) is 14.0. The van der Waals surface area contributed by atoms with Crippen LogP contribution in [-0.4, -0.2) is 11.1 Å². The first-order valence-corrected chi connectivity index (χ1v) is 8.67. The number of rotatable bonds is 3. The molecule has 5 rings (SSSR count). The summed E-state index contributed by atoms with van der Waals surface area (Å²) in [7, 11) is 0. The third-order valence-electron chi connectivity index (χ3n) is 5.15. The van der Waals surface area contributed by atoms with Gasteiger partial charge in [-0.05, 0) is 19.3 Å². The highest BCUT2D eigenvalue weighted by molar-refractivity contribution is 5.76. The lowest BCUT2D eigenvalue weighted by Gasteiger charge is -2.13. The van der Waals surface area contributed by atoms with Crippen molar-refractivity contribution in [3.05, 3.63) is 66.6 Å². The third kappa shape index (κ3) is 2.12. The predicted molar refractivity (Wildman–Crippen MR) is 92.4 cm³/mol. The molecule has 3 heteroatoms. The van der Waals surface area contributed by atoms with Crippen LogP contribution in [0.4, 0.5) is 0 Å². The van der Waals surface area contributed by atoms with Crippen molar-refractivity contribution < 1.29 is 9.15 Å². The highest BCUT2D eigenvalue weighted by Gasteiger charge is 2.62. The van der Waals surface area contributed by atoms with Crippen LogP contribution in [0.15, 0.2) is 65.1 Å². The summed E-state index contributed by atoms with van der Waals surface area (Å²) in [6, 6.07) is 20.5. The molecule has 24 heavy (non-hydrogen) atoms. The van der Waals surface area contributed by atoms with E-state index in [9.17, 15) is 0 Å². The average molecular weight is 317 g/mol. The van der Waals surface area contributed by atoms with Crippen LogP contribution >= 0.6 is 0 Å². The Kier molecular flexibility index (Phi) is 3.10. The number of hydrogen-bond acceptors (Lipinski definition) is 3. The van der Waals surface area contributed by atoms with Gasteiger partial charge in [-0.1, -0.05) is 67.1 Å². The van der Waals surface area contributed by atoms with Crippen LogP contribution in [0.1, 0.15) is 31.6 Å². The molecule has 2 aliphatic rings. The van der Waals surface area contributed by atoms with Crippen molar-refractivity contribution in [3.8, 4) is 22.6 Å². The van der Waals surface area contributed by atoms with Gasteiger partial charge >= 0.3 is 0 Å². The fourth-order valence-corrected chi connectivity index (χ4v) is 3.82. The van der Waals surface area contributed by atoms with Gasteiger partial charge in [-0.25, -0.2) is 4.98 Å². The fraction of sp³-hybridized carbons (Fsp3) is 0.286.